The molecule has 0 aromatic rings. The van der Waals surface area contributed by atoms with Crippen molar-refractivity contribution in [2.24, 2.45) is 5.92 Å². The number of ether oxygens (including phenoxy) is 2. The predicted molar refractivity (Wildman–Crippen MR) is 70.0 cm³/mol. The number of nitriles is 2. The van der Waals surface area contributed by atoms with Gasteiger partial charge in [0.15, 0.2) is 5.92 Å². The molecular weight excluding hydrogens is 260 g/mol. The first-order valence-corrected chi connectivity index (χ1v) is 6.74. The van der Waals surface area contributed by atoms with Gasteiger partial charge in [0.2, 0.25) is 0 Å². The molecule has 0 amide bonds. The van der Waals surface area contributed by atoms with E-state index in [9.17, 15) is 9.59 Å². The van der Waals surface area contributed by atoms with Crippen molar-refractivity contribution in [3.8, 4) is 12.1 Å². The van der Waals surface area contributed by atoms with E-state index in [2.05, 4.69) is 0 Å². The van der Waals surface area contributed by atoms with Crippen LogP contribution in [0.25, 0.3) is 0 Å². The summed E-state index contributed by atoms with van der Waals surface area (Å²) >= 11 is 0. The summed E-state index contributed by atoms with van der Waals surface area (Å²) in [7, 11) is 0. The number of hydrogen-bond acceptors (Lipinski definition) is 6. The first kappa shape index (κ1) is 17.9. The zero-order valence-corrected chi connectivity index (χ0v) is 11.8. The number of nitrogens with zero attached hydrogens (tertiary/aromatic N) is 2. The van der Waals surface area contributed by atoms with Crippen molar-refractivity contribution in [1.82, 2.24) is 0 Å². The molecule has 20 heavy (non-hydrogen) atoms. The predicted octanol–water partition coefficient (Wildman–Crippen LogP) is 2.10. The fourth-order valence-corrected chi connectivity index (χ4v) is 1.47. The first-order chi connectivity index (χ1) is 9.67. The van der Waals surface area contributed by atoms with Gasteiger partial charge >= 0.3 is 11.9 Å². The maximum absolute atomic E-state index is 11.8. The summed E-state index contributed by atoms with van der Waals surface area (Å²) in [6.07, 6.45) is 2.56. The van der Waals surface area contributed by atoms with E-state index >= 15 is 0 Å². The van der Waals surface area contributed by atoms with Gasteiger partial charge in [0, 0.05) is 12.8 Å². The van der Waals surface area contributed by atoms with Gasteiger partial charge in [-0.3, -0.25) is 9.59 Å². The van der Waals surface area contributed by atoms with E-state index in [0.717, 1.165) is 0 Å². The molecule has 0 saturated heterocycles. The van der Waals surface area contributed by atoms with Gasteiger partial charge in [0.05, 0.1) is 25.4 Å². The van der Waals surface area contributed by atoms with E-state index in [0.29, 0.717) is 38.5 Å². The molecule has 0 aliphatic heterocycles. The molecule has 0 N–H and O–H groups in total. The molecule has 110 valence electrons. The SMILES string of the molecule is CCCC(C(=O)OCCCC#N)C(=O)OCCCC#N. The Bertz CT molecular complexity index is 348. The maximum Gasteiger partial charge on any atom is 0.320 e. The van der Waals surface area contributed by atoms with Gasteiger partial charge in [0.1, 0.15) is 0 Å². The molecule has 6 nitrogen and oxygen atoms in total. The van der Waals surface area contributed by atoms with Crippen LogP contribution in [0.4, 0.5) is 0 Å². The lowest BCUT2D eigenvalue weighted by Crippen LogP contribution is -2.28. The number of rotatable bonds is 10. The van der Waals surface area contributed by atoms with Gasteiger partial charge < -0.3 is 9.47 Å². The Morgan fingerprint density at radius 3 is 1.80 bits per heavy atom. The first-order valence-electron chi connectivity index (χ1n) is 6.74. The monoisotopic (exact) mass is 280 g/mol. The van der Waals surface area contributed by atoms with Crippen molar-refractivity contribution in [3.05, 3.63) is 0 Å². The van der Waals surface area contributed by atoms with Crippen LogP contribution in [0.15, 0.2) is 0 Å². The molecule has 0 spiro atoms. The molecule has 6 heteroatoms. The number of unbranched alkanes of at least 4 members (excludes halogenated alkanes) is 2. The van der Waals surface area contributed by atoms with E-state index in [4.69, 9.17) is 20.0 Å². The summed E-state index contributed by atoms with van der Waals surface area (Å²) in [5.74, 6) is -2.12. The zero-order chi connectivity index (χ0) is 15.2. The largest absolute Gasteiger partial charge is 0.465 e. The Morgan fingerprint density at radius 2 is 1.45 bits per heavy atom. The minimum atomic E-state index is -0.913. The van der Waals surface area contributed by atoms with Crippen molar-refractivity contribution >= 4 is 11.9 Å². The Hall–Kier alpha value is -2.08. The lowest BCUT2D eigenvalue weighted by molar-refractivity contribution is -0.162. The Labute approximate surface area is 119 Å². The van der Waals surface area contributed by atoms with Crippen LogP contribution < -0.4 is 0 Å². The molecule has 0 bridgehead atoms. The van der Waals surface area contributed by atoms with Gasteiger partial charge in [-0.2, -0.15) is 10.5 Å². The van der Waals surface area contributed by atoms with E-state index in [1.807, 2.05) is 19.1 Å². The summed E-state index contributed by atoms with van der Waals surface area (Å²) in [6, 6.07) is 3.90. The Morgan fingerprint density at radius 1 is 1.00 bits per heavy atom. The summed E-state index contributed by atoms with van der Waals surface area (Å²) in [5.41, 5.74) is 0. The van der Waals surface area contributed by atoms with Crippen molar-refractivity contribution in [2.75, 3.05) is 13.2 Å². The second kappa shape index (κ2) is 12.0. The number of esters is 2. The third kappa shape index (κ3) is 8.10. The fraction of sp³-hybridized carbons (Fsp3) is 0.714. The van der Waals surface area contributed by atoms with Crippen molar-refractivity contribution < 1.29 is 19.1 Å². The molecular formula is C14H20N2O4. The van der Waals surface area contributed by atoms with Crippen LogP contribution >= 0.6 is 0 Å². The maximum atomic E-state index is 11.8. The molecule has 0 aromatic carbocycles. The van der Waals surface area contributed by atoms with Gasteiger partial charge in [-0.25, -0.2) is 0 Å². The number of carbonyl (C=O) groups excluding carboxylic acids is 2. The van der Waals surface area contributed by atoms with E-state index < -0.39 is 17.9 Å². The smallest absolute Gasteiger partial charge is 0.320 e. The minimum Gasteiger partial charge on any atom is -0.465 e. The highest BCUT2D eigenvalue weighted by Crippen LogP contribution is 2.12. The third-order valence-electron chi connectivity index (χ3n) is 2.50. The van der Waals surface area contributed by atoms with Gasteiger partial charge in [-0.15, -0.1) is 0 Å². The second-order valence-electron chi connectivity index (χ2n) is 4.20. The minimum absolute atomic E-state index is 0.133. The Balaban J connectivity index is 4.18. The molecule has 0 saturated carbocycles. The summed E-state index contributed by atoms with van der Waals surface area (Å²) < 4.78 is 9.93. The van der Waals surface area contributed by atoms with Gasteiger partial charge in [0.25, 0.3) is 0 Å². The molecule has 0 atom stereocenters. The van der Waals surface area contributed by atoms with Crippen LogP contribution in [0.1, 0.15) is 45.4 Å². The van der Waals surface area contributed by atoms with Crippen molar-refractivity contribution in [1.29, 1.82) is 10.5 Å². The molecule has 0 unspecified atom stereocenters. The van der Waals surface area contributed by atoms with E-state index in [1.165, 1.54) is 0 Å². The normalized spacial score (nSPS) is 9.60. The highest BCUT2D eigenvalue weighted by Gasteiger charge is 2.28. The highest BCUT2D eigenvalue weighted by atomic mass is 16.6. The van der Waals surface area contributed by atoms with Crippen molar-refractivity contribution in [2.45, 2.75) is 45.4 Å². The molecule has 0 radical (unpaired) electrons. The number of hydrogen-bond donors (Lipinski definition) is 0. The van der Waals surface area contributed by atoms with Crippen LogP contribution in [0.3, 0.4) is 0 Å². The van der Waals surface area contributed by atoms with Crippen LogP contribution in [0.5, 0.6) is 0 Å². The van der Waals surface area contributed by atoms with Crippen LogP contribution in [0, 0.1) is 28.6 Å². The molecule has 0 fully saturated rings. The summed E-state index contributed by atoms with van der Waals surface area (Å²) in [4.78, 5) is 23.5. The van der Waals surface area contributed by atoms with Crippen LogP contribution in [-0.2, 0) is 19.1 Å². The molecule has 0 heterocycles. The van der Waals surface area contributed by atoms with E-state index in [-0.39, 0.29) is 13.2 Å². The van der Waals surface area contributed by atoms with Gasteiger partial charge in [-0.1, -0.05) is 13.3 Å². The zero-order valence-electron chi connectivity index (χ0n) is 11.8. The fourth-order valence-electron chi connectivity index (χ4n) is 1.47. The van der Waals surface area contributed by atoms with Crippen LogP contribution in [0.2, 0.25) is 0 Å². The second-order valence-corrected chi connectivity index (χ2v) is 4.20. The average Bonchev–Trinajstić information content (AvgIpc) is 2.45. The number of carbonyl (C=O) groups is 2. The lowest BCUT2D eigenvalue weighted by Gasteiger charge is -2.14. The van der Waals surface area contributed by atoms with Gasteiger partial charge in [-0.05, 0) is 19.3 Å². The lowest BCUT2D eigenvalue weighted by atomic mass is 10.0. The standard InChI is InChI=1S/C14H20N2O4/c1-2-7-12(13(17)19-10-5-3-8-15)14(18)20-11-6-4-9-16/h12H,2-7,10-11H2,1H3. The van der Waals surface area contributed by atoms with E-state index in [1.54, 1.807) is 0 Å². The molecule has 0 aliphatic rings. The molecule has 0 rings (SSSR count). The topological polar surface area (TPSA) is 100 Å². The molecule has 0 aromatic heterocycles. The summed E-state index contributed by atoms with van der Waals surface area (Å²) in [6.45, 7) is 2.13. The molecule has 0 aliphatic carbocycles. The quantitative estimate of drug-likeness (QED) is 0.345. The summed E-state index contributed by atoms with van der Waals surface area (Å²) in [5, 5.41) is 16.7. The van der Waals surface area contributed by atoms with Crippen molar-refractivity contribution in [3.63, 3.8) is 0 Å². The van der Waals surface area contributed by atoms with Crippen LogP contribution in [-0.4, -0.2) is 25.2 Å². The Kier molecular flexibility index (Phi) is 10.7. The third-order valence-corrected chi connectivity index (χ3v) is 2.50. The average molecular weight is 280 g/mol. The highest BCUT2D eigenvalue weighted by molar-refractivity contribution is 5.94.